The van der Waals surface area contributed by atoms with Gasteiger partial charge in [0, 0.05) is 45.9 Å². The zero-order valence-electron chi connectivity index (χ0n) is 19.1. The molecule has 0 bridgehead atoms. The van der Waals surface area contributed by atoms with E-state index in [9.17, 15) is 9.59 Å². The Labute approximate surface area is 212 Å². The number of carbonyl (C=O) groups is 2. The van der Waals surface area contributed by atoms with Crippen molar-refractivity contribution in [3.05, 3.63) is 102 Å². The first-order valence-electron chi connectivity index (χ1n) is 11.3. The summed E-state index contributed by atoms with van der Waals surface area (Å²) in [6.07, 6.45) is 1.28. The fourth-order valence-electron chi connectivity index (χ4n) is 3.98. The average molecular weight is 497 g/mol. The third kappa shape index (κ3) is 4.96. The molecule has 0 unspecified atom stereocenters. The van der Waals surface area contributed by atoms with Gasteiger partial charge in [-0.1, -0.05) is 60.1 Å². The second kappa shape index (κ2) is 10.0. The van der Waals surface area contributed by atoms with Crippen molar-refractivity contribution in [1.82, 2.24) is 14.5 Å². The van der Waals surface area contributed by atoms with Gasteiger partial charge in [-0.15, -0.1) is 0 Å². The molecule has 0 spiro atoms. The lowest BCUT2D eigenvalue weighted by molar-refractivity contribution is -0.136. The minimum Gasteiger partial charge on any atom is -0.481 e. The molecule has 0 aliphatic rings. The molecule has 36 heavy (non-hydrogen) atoms. The smallest absolute Gasteiger partial charge is 0.303 e. The summed E-state index contributed by atoms with van der Waals surface area (Å²) in [5.41, 5.74) is 3.55. The van der Waals surface area contributed by atoms with Gasteiger partial charge in [0.1, 0.15) is 5.82 Å². The number of nitrogens with one attached hydrogen (secondary N) is 1. The number of carboxylic acid groups (broad SMARTS) is 1. The van der Waals surface area contributed by atoms with Crippen molar-refractivity contribution in [2.45, 2.75) is 12.8 Å². The van der Waals surface area contributed by atoms with Crippen LogP contribution >= 0.6 is 11.6 Å². The lowest BCUT2D eigenvalue weighted by Gasteiger charge is -2.12. The number of carbonyl (C=O) groups excluding carboxylic acids is 1. The van der Waals surface area contributed by atoms with E-state index in [0.717, 1.165) is 11.3 Å². The van der Waals surface area contributed by atoms with Crippen LogP contribution in [0.3, 0.4) is 0 Å². The Bertz CT molecular complexity index is 1570. The molecule has 0 fully saturated rings. The number of hydrogen-bond acceptors (Lipinski definition) is 5. The van der Waals surface area contributed by atoms with Crippen LogP contribution in [0.1, 0.15) is 23.2 Å². The lowest BCUT2D eigenvalue weighted by atomic mass is 10.1. The zero-order chi connectivity index (χ0) is 25.1. The molecule has 0 saturated carbocycles. The molecular formula is C28H21ClN4O3. The standard InChI is InChI=1S/C28H21ClN4O3/c29-19-11-12-24-21(15-19)22(25(34)13-14-27(35)36)17-33(24)28-31-23(18-7-3-1-4-8-18)16-26(32-28)30-20-9-5-2-6-10-20/h1-12,15-17H,13-14H2,(H,35,36)(H,30,31,32). The van der Waals surface area contributed by atoms with Crippen LogP contribution in [0, 0.1) is 0 Å². The average Bonchev–Trinajstić information content (AvgIpc) is 3.27. The van der Waals surface area contributed by atoms with Crippen molar-refractivity contribution >= 4 is 45.8 Å². The van der Waals surface area contributed by atoms with E-state index in [1.807, 2.05) is 66.7 Å². The number of anilines is 2. The van der Waals surface area contributed by atoms with Crippen LogP contribution in [0.2, 0.25) is 5.02 Å². The normalized spacial score (nSPS) is 10.9. The third-order valence-corrected chi connectivity index (χ3v) is 5.91. The number of para-hydroxylation sites is 1. The van der Waals surface area contributed by atoms with Crippen LogP contribution in [0.25, 0.3) is 28.1 Å². The molecule has 0 atom stereocenters. The molecule has 7 nitrogen and oxygen atoms in total. The van der Waals surface area contributed by atoms with E-state index in [0.29, 0.717) is 38.9 Å². The summed E-state index contributed by atoms with van der Waals surface area (Å²) in [6.45, 7) is 0. The first-order chi connectivity index (χ1) is 17.5. The number of nitrogens with zero attached hydrogens (tertiary/aromatic N) is 3. The summed E-state index contributed by atoms with van der Waals surface area (Å²) in [6, 6.07) is 26.5. The maximum Gasteiger partial charge on any atom is 0.303 e. The number of fused-ring (bicyclic) bond motifs is 1. The number of rotatable bonds is 8. The summed E-state index contributed by atoms with van der Waals surface area (Å²) in [4.78, 5) is 33.5. The van der Waals surface area contributed by atoms with Gasteiger partial charge in [-0.2, -0.15) is 4.98 Å². The Morgan fingerprint density at radius 3 is 2.33 bits per heavy atom. The van der Waals surface area contributed by atoms with Crippen molar-refractivity contribution in [3.63, 3.8) is 0 Å². The Kier molecular flexibility index (Phi) is 6.47. The minimum atomic E-state index is -1.03. The van der Waals surface area contributed by atoms with Crippen LogP contribution < -0.4 is 5.32 Å². The highest BCUT2D eigenvalue weighted by atomic mass is 35.5. The molecule has 5 rings (SSSR count). The van der Waals surface area contributed by atoms with E-state index >= 15 is 0 Å². The molecule has 0 saturated heterocycles. The van der Waals surface area contributed by atoms with Gasteiger partial charge in [-0.05, 0) is 30.3 Å². The van der Waals surface area contributed by atoms with Crippen LogP contribution in [0.4, 0.5) is 11.5 Å². The topological polar surface area (TPSA) is 97.1 Å². The molecule has 3 aromatic carbocycles. The molecule has 5 aromatic rings. The van der Waals surface area contributed by atoms with Gasteiger partial charge in [0.2, 0.25) is 5.95 Å². The number of ketones is 1. The van der Waals surface area contributed by atoms with Gasteiger partial charge in [0.15, 0.2) is 5.78 Å². The van der Waals surface area contributed by atoms with Crippen LogP contribution in [-0.4, -0.2) is 31.4 Å². The Balaban J connectivity index is 1.66. The maximum absolute atomic E-state index is 12.9. The van der Waals surface area contributed by atoms with Crippen molar-refractivity contribution in [2.24, 2.45) is 0 Å². The third-order valence-electron chi connectivity index (χ3n) is 5.68. The first-order valence-corrected chi connectivity index (χ1v) is 11.7. The Hall–Kier alpha value is -4.49. The Morgan fingerprint density at radius 2 is 1.61 bits per heavy atom. The van der Waals surface area contributed by atoms with Crippen LogP contribution in [-0.2, 0) is 4.79 Å². The van der Waals surface area contributed by atoms with Gasteiger partial charge in [0.25, 0.3) is 0 Å². The molecule has 2 aromatic heterocycles. The number of carboxylic acids is 1. The Morgan fingerprint density at radius 1 is 0.889 bits per heavy atom. The van der Waals surface area contributed by atoms with Crippen molar-refractivity contribution in [1.29, 1.82) is 0 Å². The van der Waals surface area contributed by atoms with E-state index < -0.39 is 5.97 Å². The predicted octanol–water partition coefficient (Wildman–Crippen LogP) is 6.53. The molecule has 0 aliphatic heterocycles. The fourth-order valence-corrected chi connectivity index (χ4v) is 4.15. The number of aromatic nitrogens is 3. The predicted molar refractivity (Wildman–Crippen MR) is 140 cm³/mol. The SMILES string of the molecule is O=C(O)CCC(=O)c1cn(-c2nc(Nc3ccccc3)cc(-c3ccccc3)n2)c2ccc(Cl)cc12. The van der Waals surface area contributed by atoms with E-state index in [-0.39, 0.29) is 18.6 Å². The van der Waals surface area contributed by atoms with Gasteiger partial charge in [-0.3, -0.25) is 14.2 Å². The molecule has 0 radical (unpaired) electrons. The summed E-state index contributed by atoms with van der Waals surface area (Å²) in [5, 5.41) is 13.4. The summed E-state index contributed by atoms with van der Waals surface area (Å²) in [5.74, 6) is -0.370. The first kappa shape index (κ1) is 23.3. The maximum atomic E-state index is 12.9. The quantitative estimate of drug-likeness (QED) is 0.237. The number of Topliss-reactive ketones (excluding diaryl/α,β-unsaturated/α-hetero) is 1. The molecule has 8 heteroatoms. The monoisotopic (exact) mass is 496 g/mol. The molecule has 2 N–H and O–H groups in total. The molecule has 0 amide bonds. The van der Waals surface area contributed by atoms with Crippen molar-refractivity contribution in [2.75, 3.05) is 5.32 Å². The van der Waals surface area contributed by atoms with Crippen LogP contribution in [0.15, 0.2) is 91.1 Å². The highest BCUT2D eigenvalue weighted by molar-refractivity contribution is 6.31. The highest BCUT2D eigenvalue weighted by Crippen LogP contribution is 2.30. The van der Waals surface area contributed by atoms with E-state index in [1.165, 1.54) is 0 Å². The molecule has 2 heterocycles. The molecule has 178 valence electrons. The number of aliphatic carboxylic acids is 1. The lowest BCUT2D eigenvalue weighted by Crippen LogP contribution is -2.05. The molecule has 0 aliphatic carbocycles. The number of halogens is 1. The van der Waals surface area contributed by atoms with Crippen LogP contribution in [0.5, 0.6) is 0 Å². The van der Waals surface area contributed by atoms with E-state index in [2.05, 4.69) is 5.32 Å². The minimum absolute atomic E-state index is 0.118. The molecular weight excluding hydrogens is 476 g/mol. The van der Waals surface area contributed by atoms with E-state index in [4.69, 9.17) is 26.7 Å². The van der Waals surface area contributed by atoms with Crippen molar-refractivity contribution in [3.8, 4) is 17.2 Å². The largest absolute Gasteiger partial charge is 0.481 e. The van der Waals surface area contributed by atoms with Gasteiger partial charge < -0.3 is 10.4 Å². The van der Waals surface area contributed by atoms with E-state index in [1.54, 1.807) is 29.0 Å². The highest BCUT2D eigenvalue weighted by Gasteiger charge is 2.19. The van der Waals surface area contributed by atoms with Gasteiger partial charge >= 0.3 is 5.97 Å². The summed E-state index contributed by atoms with van der Waals surface area (Å²) in [7, 11) is 0. The second-order valence-electron chi connectivity index (χ2n) is 8.19. The van der Waals surface area contributed by atoms with Crippen molar-refractivity contribution < 1.29 is 14.7 Å². The van der Waals surface area contributed by atoms with Gasteiger partial charge in [0.05, 0.1) is 17.6 Å². The fraction of sp³-hybridized carbons (Fsp3) is 0.0714. The zero-order valence-corrected chi connectivity index (χ0v) is 19.8. The number of benzene rings is 3. The number of hydrogen-bond donors (Lipinski definition) is 2. The second-order valence-corrected chi connectivity index (χ2v) is 8.62. The summed E-state index contributed by atoms with van der Waals surface area (Å²) >= 11 is 6.24. The summed E-state index contributed by atoms with van der Waals surface area (Å²) < 4.78 is 1.74. The van der Waals surface area contributed by atoms with Gasteiger partial charge in [-0.25, -0.2) is 4.98 Å².